The maximum atomic E-state index is 12.0. The fourth-order valence-electron chi connectivity index (χ4n) is 3.12. The van der Waals surface area contributed by atoms with Gasteiger partial charge in [-0.1, -0.05) is 57.0 Å². The molecule has 0 spiro atoms. The molecule has 116 valence electrons. The monoisotopic (exact) mass is 288 g/mol. The zero-order chi connectivity index (χ0) is 15.1. The molecule has 1 aliphatic carbocycles. The van der Waals surface area contributed by atoms with E-state index in [1.807, 2.05) is 18.2 Å². The highest BCUT2D eigenvalue weighted by molar-refractivity contribution is 5.78. The Labute approximate surface area is 128 Å². The van der Waals surface area contributed by atoms with Gasteiger partial charge in [-0.3, -0.25) is 4.79 Å². The first kappa shape index (κ1) is 16.0. The number of benzene rings is 1. The molecule has 1 saturated carbocycles. The highest BCUT2D eigenvalue weighted by atomic mass is 16.1. The van der Waals surface area contributed by atoms with E-state index in [0.717, 1.165) is 25.3 Å². The molecule has 3 heteroatoms. The van der Waals surface area contributed by atoms with Crippen molar-refractivity contribution in [2.75, 3.05) is 13.1 Å². The predicted molar refractivity (Wildman–Crippen MR) is 87.1 cm³/mol. The smallest absolute Gasteiger partial charge is 0.234 e. The van der Waals surface area contributed by atoms with Crippen LogP contribution in [-0.4, -0.2) is 25.0 Å². The maximum Gasteiger partial charge on any atom is 0.234 e. The molecule has 1 aliphatic rings. The van der Waals surface area contributed by atoms with Crippen LogP contribution in [0.5, 0.6) is 0 Å². The number of rotatable bonds is 6. The van der Waals surface area contributed by atoms with E-state index in [4.69, 9.17) is 0 Å². The molecule has 1 amide bonds. The van der Waals surface area contributed by atoms with Crippen LogP contribution in [0.2, 0.25) is 0 Å². The van der Waals surface area contributed by atoms with Crippen molar-refractivity contribution < 1.29 is 4.79 Å². The zero-order valence-corrected chi connectivity index (χ0v) is 13.3. The van der Waals surface area contributed by atoms with Gasteiger partial charge in [0.05, 0.1) is 6.54 Å². The summed E-state index contributed by atoms with van der Waals surface area (Å²) in [7, 11) is 0. The molecular formula is C18H28N2O. The maximum absolute atomic E-state index is 12.0. The third-order valence-corrected chi connectivity index (χ3v) is 4.77. The molecule has 0 radical (unpaired) electrons. The minimum Gasteiger partial charge on any atom is -0.352 e. The largest absolute Gasteiger partial charge is 0.352 e. The summed E-state index contributed by atoms with van der Waals surface area (Å²) in [5, 5.41) is 6.43. The molecule has 0 unspecified atom stereocenters. The Morgan fingerprint density at radius 1 is 1.19 bits per heavy atom. The number of amides is 1. The lowest BCUT2D eigenvalue weighted by Gasteiger charge is -2.34. The van der Waals surface area contributed by atoms with Gasteiger partial charge in [0.1, 0.15) is 0 Å². The summed E-state index contributed by atoms with van der Waals surface area (Å²) in [6, 6.07) is 10.7. The molecule has 1 fully saturated rings. The van der Waals surface area contributed by atoms with Gasteiger partial charge < -0.3 is 10.6 Å². The molecule has 3 nitrogen and oxygen atoms in total. The normalized spacial score (nSPS) is 25.5. The summed E-state index contributed by atoms with van der Waals surface area (Å²) >= 11 is 0. The Balaban J connectivity index is 1.63. The highest BCUT2D eigenvalue weighted by Crippen LogP contribution is 2.29. The van der Waals surface area contributed by atoms with Crippen molar-refractivity contribution >= 4 is 5.91 Å². The third-order valence-electron chi connectivity index (χ3n) is 4.77. The second-order valence-electron chi connectivity index (χ2n) is 6.35. The molecule has 0 bridgehead atoms. The van der Waals surface area contributed by atoms with E-state index in [0.29, 0.717) is 18.5 Å². The summed E-state index contributed by atoms with van der Waals surface area (Å²) in [5.41, 5.74) is 1.31. The number of hydrogen-bond acceptors (Lipinski definition) is 2. The summed E-state index contributed by atoms with van der Waals surface area (Å²) in [6.45, 7) is 5.82. The highest BCUT2D eigenvalue weighted by Gasteiger charge is 2.27. The fraction of sp³-hybridized carbons (Fsp3) is 0.611. The van der Waals surface area contributed by atoms with Crippen molar-refractivity contribution in [3.8, 4) is 0 Å². The van der Waals surface area contributed by atoms with Gasteiger partial charge in [0.25, 0.3) is 0 Å². The van der Waals surface area contributed by atoms with Gasteiger partial charge in [0.15, 0.2) is 0 Å². The zero-order valence-electron chi connectivity index (χ0n) is 13.3. The minimum absolute atomic E-state index is 0.133. The van der Waals surface area contributed by atoms with Crippen LogP contribution in [0.3, 0.4) is 0 Å². The van der Waals surface area contributed by atoms with Gasteiger partial charge in [-0.25, -0.2) is 0 Å². The van der Waals surface area contributed by atoms with Gasteiger partial charge in [0.2, 0.25) is 5.91 Å². The lowest BCUT2D eigenvalue weighted by molar-refractivity contribution is -0.121. The van der Waals surface area contributed by atoms with Crippen LogP contribution in [0, 0.1) is 11.8 Å². The topological polar surface area (TPSA) is 41.1 Å². The molecular weight excluding hydrogens is 260 g/mol. The van der Waals surface area contributed by atoms with E-state index < -0.39 is 0 Å². The van der Waals surface area contributed by atoms with Gasteiger partial charge in [-0.05, 0) is 36.8 Å². The molecule has 2 N–H and O–H groups in total. The molecule has 0 aliphatic heterocycles. The molecule has 0 saturated heterocycles. The van der Waals surface area contributed by atoms with Crippen LogP contribution in [0.15, 0.2) is 30.3 Å². The van der Waals surface area contributed by atoms with Crippen molar-refractivity contribution in [2.24, 2.45) is 11.8 Å². The number of nitrogens with one attached hydrogen (secondary N) is 2. The first-order valence-corrected chi connectivity index (χ1v) is 8.21. The fourth-order valence-corrected chi connectivity index (χ4v) is 3.12. The number of hydrogen-bond donors (Lipinski definition) is 2. The third kappa shape index (κ3) is 5.16. The Morgan fingerprint density at radius 3 is 2.71 bits per heavy atom. The molecule has 1 aromatic rings. The van der Waals surface area contributed by atoms with Crippen LogP contribution in [0.4, 0.5) is 0 Å². The first-order chi connectivity index (χ1) is 10.2. The van der Waals surface area contributed by atoms with Crippen molar-refractivity contribution in [3.63, 3.8) is 0 Å². The van der Waals surface area contributed by atoms with Crippen molar-refractivity contribution in [1.82, 2.24) is 10.6 Å². The van der Waals surface area contributed by atoms with E-state index in [1.165, 1.54) is 18.4 Å². The van der Waals surface area contributed by atoms with Crippen molar-refractivity contribution in [3.05, 3.63) is 35.9 Å². The van der Waals surface area contributed by atoms with E-state index in [9.17, 15) is 4.79 Å². The average molecular weight is 288 g/mol. The second-order valence-corrected chi connectivity index (χ2v) is 6.35. The molecule has 0 aromatic heterocycles. The first-order valence-electron chi connectivity index (χ1n) is 8.21. The second kappa shape index (κ2) is 8.18. The van der Waals surface area contributed by atoms with Gasteiger partial charge in [-0.15, -0.1) is 0 Å². The van der Waals surface area contributed by atoms with E-state index >= 15 is 0 Å². The van der Waals surface area contributed by atoms with E-state index in [1.54, 1.807) is 0 Å². The van der Waals surface area contributed by atoms with Gasteiger partial charge >= 0.3 is 0 Å². The molecule has 2 rings (SSSR count). The standard InChI is InChI=1S/C18H28N2O/c1-14-7-6-10-17(15(14)2)20-18(21)13-19-12-11-16-8-4-3-5-9-16/h3-5,8-9,14-15,17,19H,6-7,10-13H2,1-2H3,(H,20,21)/t14-,15-,17-/m1/s1. The summed E-state index contributed by atoms with van der Waals surface area (Å²) < 4.78 is 0. The van der Waals surface area contributed by atoms with Gasteiger partial charge in [0, 0.05) is 6.04 Å². The Hall–Kier alpha value is -1.35. The van der Waals surface area contributed by atoms with E-state index in [-0.39, 0.29) is 5.91 Å². The SMILES string of the molecule is C[C@@H]1[C@H](C)CCC[C@H]1NC(=O)CNCCc1ccccc1. The van der Waals surface area contributed by atoms with Crippen molar-refractivity contribution in [1.29, 1.82) is 0 Å². The summed E-state index contributed by atoms with van der Waals surface area (Å²) in [6.07, 6.45) is 4.62. The van der Waals surface area contributed by atoms with Crippen LogP contribution in [0.1, 0.15) is 38.7 Å². The molecule has 3 atom stereocenters. The van der Waals surface area contributed by atoms with Crippen molar-refractivity contribution in [2.45, 2.75) is 45.6 Å². The molecule has 0 heterocycles. The van der Waals surface area contributed by atoms with Crippen LogP contribution in [0.25, 0.3) is 0 Å². The minimum atomic E-state index is 0.133. The molecule has 21 heavy (non-hydrogen) atoms. The Kier molecular flexibility index (Phi) is 6.24. The molecule has 1 aromatic carbocycles. The predicted octanol–water partition coefficient (Wildman–Crippen LogP) is 2.76. The average Bonchev–Trinajstić information content (AvgIpc) is 2.49. The lowest BCUT2D eigenvalue weighted by Crippen LogP contribution is -2.46. The Morgan fingerprint density at radius 2 is 1.95 bits per heavy atom. The van der Waals surface area contributed by atoms with Gasteiger partial charge in [-0.2, -0.15) is 0 Å². The van der Waals surface area contributed by atoms with Crippen LogP contribution >= 0.6 is 0 Å². The number of carbonyl (C=O) groups is 1. The van der Waals surface area contributed by atoms with Crippen LogP contribution in [-0.2, 0) is 11.2 Å². The van der Waals surface area contributed by atoms with Crippen LogP contribution < -0.4 is 10.6 Å². The number of carbonyl (C=O) groups excluding carboxylic acids is 1. The Bertz CT molecular complexity index is 432. The lowest BCUT2D eigenvalue weighted by atomic mass is 9.78. The quantitative estimate of drug-likeness (QED) is 0.790. The summed E-state index contributed by atoms with van der Waals surface area (Å²) in [5.74, 6) is 1.44. The van der Waals surface area contributed by atoms with E-state index in [2.05, 4.69) is 36.6 Å². The summed E-state index contributed by atoms with van der Waals surface area (Å²) in [4.78, 5) is 12.0.